The van der Waals surface area contributed by atoms with Gasteiger partial charge in [0.1, 0.15) is 0 Å². The standard InChI is InChI=1S/C16H26N4O2/c1-2-14-11-20(12-15(14)19-7-9-22-10-8-19)16(21)3-5-18-6-4-17-13-18/h4,6,13-15H,2-3,5,7-12H2,1H3/t14-,15+/m1/s1. The number of hydrogen-bond donors (Lipinski definition) is 0. The summed E-state index contributed by atoms with van der Waals surface area (Å²) in [6.07, 6.45) is 7.11. The van der Waals surface area contributed by atoms with E-state index >= 15 is 0 Å². The summed E-state index contributed by atoms with van der Waals surface area (Å²) in [6.45, 7) is 8.37. The zero-order valence-corrected chi connectivity index (χ0v) is 13.4. The van der Waals surface area contributed by atoms with Gasteiger partial charge in [-0.2, -0.15) is 0 Å². The fourth-order valence-electron chi connectivity index (χ4n) is 3.58. The molecule has 3 heterocycles. The molecule has 3 rings (SSSR count). The molecular weight excluding hydrogens is 280 g/mol. The predicted octanol–water partition coefficient (Wildman–Crippen LogP) is 0.842. The van der Waals surface area contributed by atoms with Crippen LogP contribution >= 0.6 is 0 Å². The van der Waals surface area contributed by atoms with E-state index in [4.69, 9.17) is 4.74 Å². The first-order chi connectivity index (χ1) is 10.8. The maximum absolute atomic E-state index is 12.5. The summed E-state index contributed by atoms with van der Waals surface area (Å²) < 4.78 is 7.41. The Morgan fingerprint density at radius 3 is 2.82 bits per heavy atom. The molecule has 1 aromatic heterocycles. The fourth-order valence-corrected chi connectivity index (χ4v) is 3.58. The zero-order valence-electron chi connectivity index (χ0n) is 13.4. The number of morpholine rings is 1. The van der Waals surface area contributed by atoms with Crippen molar-refractivity contribution in [1.82, 2.24) is 19.4 Å². The highest BCUT2D eigenvalue weighted by Crippen LogP contribution is 2.26. The van der Waals surface area contributed by atoms with Crippen molar-refractivity contribution < 1.29 is 9.53 Å². The molecule has 0 N–H and O–H groups in total. The molecule has 1 amide bonds. The first-order valence-corrected chi connectivity index (χ1v) is 8.33. The number of ether oxygens (including phenoxy) is 1. The third-order valence-electron chi connectivity index (χ3n) is 4.94. The molecule has 2 fully saturated rings. The molecule has 0 spiro atoms. The highest BCUT2D eigenvalue weighted by molar-refractivity contribution is 5.76. The summed E-state index contributed by atoms with van der Waals surface area (Å²) in [4.78, 5) is 21.1. The van der Waals surface area contributed by atoms with Crippen LogP contribution in [0.3, 0.4) is 0 Å². The number of carbonyl (C=O) groups excluding carboxylic acids is 1. The lowest BCUT2D eigenvalue weighted by atomic mass is 9.99. The third kappa shape index (κ3) is 3.50. The van der Waals surface area contributed by atoms with Crippen molar-refractivity contribution in [3.8, 4) is 0 Å². The minimum atomic E-state index is 0.267. The first-order valence-electron chi connectivity index (χ1n) is 8.33. The van der Waals surface area contributed by atoms with Crippen LogP contribution in [-0.4, -0.2) is 70.7 Å². The van der Waals surface area contributed by atoms with Gasteiger partial charge in [0.2, 0.25) is 5.91 Å². The van der Waals surface area contributed by atoms with Gasteiger partial charge in [0.15, 0.2) is 0 Å². The van der Waals surface area contributed by atoms with Crippen LogP contribution in [0.15, 0.2) is 18.7 Å². The molecule has 0 saturated carbocycles. The van der Waals surface area contributed by atoms with Crippen LogP contribution in [0.25, 0.3) is 0 Å². The van der Waals surface area contributed by atoms with Crippen LogP contribution in [0.4, 0.5) is 0 Å². The van der Waals surface area contributed by atoms with Crippen molar-refractivity contribution in [3.05, 3.63) is 18.7 Å². The SMILES string of the molecule is CC[C@@H]1CN(C(=O)CCn2ccnc2)C[C@@H]1N1CCOCC1. The zero-order chi connectivity index (χ0) is 15.4. The smallest absolute Gasteiger partial charge is 0.224 e. The van der Waals surface area contributed by atoms with E-state index in [0.29, 0.717) is 24.9 Å². The minimum Gasteiger partial charge on any atom is -0.379 e. The lowest BCUT2D eigenvalue weighted by molar-refractivity contribution is -0.130. The van der Waals surface area contributed by atoms with E-state index in [1.807, 2.05) is 10.8 Å². The van der Waals surface area contributed by atoms with Crippen molar-refractivity contribution in [2.24, 2.45) is 5.92 Å². The Morgan fingerprint density at radius 2 is 2.14 bits per heavy atom. The molecular formula is C16H26N4O2. The number of amides is 1. The molecule has 122 valence electrons. The highest BCUT2D eigenvalue weighted by Gasteiger charge is 2.37. The number of aromatic nitrogens is 2. The van der Waals surface area contributed by atoms with Crippen molar-refractivity contribution in [1.29, 1.82) is 0 Å². The Kier molecular flexibility index (Phi) is 5.10. The monoisotopic (exact) mass is 306 g/mol. The molecule has 2 atom stereocenters. The second-order valence-electron chi connectivity index (χ2n) is 6.23. The molecule has 2 aliphatic rings. The molecule has 0 aliphatic carbocycles. The van der Waals surface area contributed by atoms with Crippen LogP contribution in [-0.2, 0) is 16.1 Å². The lowest BCUT2D eigenvalue weighted by Gasteiger charge is -2.34. The Balaban J connectivity index is 1.54. The summed E-state index contributed by atoms with van der Waals surface area (Å²) in [7, 11) is 0. The highest BCUT2D eigenvalue weighted by atomic mass is 16.5. The van der Waals surface area contributed by atoms with Crippen LogP contribution in [0.2, 0.25) is 0 Å². The minimum absolute atomic E-state index is 0.267. The van der Waals surface area contributed by atoms with Gasteiger partial charge in [-0.05, 0) is 5.92 Å². The number of rotatable bonds is 5. The van der Waals surface area contributed by atoms with Gasteiger partial charge >= 0.3 is 0 Å². The second kappa shape index (κ2) is 7.24. The normalized spacial score (nSPS) is 26.5. The molecule has 6 heteroatoms. The molecule has 0 aromatic carbocycles. The van der Waals surface area contributed by atoms with Gasteiger partial charge in [-0.1, -0.05) is 13.3 Å². The Labute approximate surface area is 132 Å². The Morgan fingerprint density at radius 1 is 1.32 bits per heavy atom. The largest absolute Gasteiger partial charge is 0.379 e. The summed E-state index contributed by atoms with van der Waals surface area (Å²) >= 11 is 0. The fraction of sp³-hybridized carbons (Fsp3) is 0.750. The van der Waals surface area contributed by atoms with Crippen LogP contribution in [0.5, 0.6) is 0 Å². The van der Waals surface area contributed by atoms with Gasteiger partial charge in [-0.3, -0.25) is 9.69 Å². The van der Waals surface area contributed by atoms with E-state index < -0.39 is 0 Å². The summed E-state index contributed by atoms with van der Waals surface area (Å²) in [6, 6.07) is 0.506. The van der Waals surface area contributed by atoms with Gasteiger partial charge in [0.25, 0.3) is 0 Å². The molecule has 2 saturated heterocycles. The maximum atomic E-state index is 12.5. The van der Waals surface area contributed by atoms with E-state index in [1.54, 1.807) is 12.5 Å². The number of carbonyl (C=O) groups is 1. The van der Waals surface area contributed by atoms with Gasteiger partial charge in [-0.25, -0.2) is 4.98 Å². The Bertz CT molecular complexity index is 471. The number of nitrogens with zero attached hydrogens (tertiary/aromatic N) is 4. The quantitative estimate of drug-likeness (QED) is 0.809. The van der Waals surface area contributed by atoms with Crippen molar-refractivity contribution in [2.45, 2.75) is 32.4 Å². The van der Waals surface area contributed by atoms with E-state index in [-0.39, 0.29) is 5.91 Å². The Hall–Kier alpha value is -1.40. The number of likely N-dealkylation sites (tertiary alicyclic amines) is 1. The summed E-state index contributed by atoms with van der Waals surface area (Å²) in [5.41, 5.74) is 0. The van der Waals surface area contributed by atoms with Crippen molar-refractivity contribution in [2.75, 3.05) is 39.4 Å². The number of imidazole rings is 1. The molecule has 22 heavy (non-hydrogen) atoms. The molecule has 1 aromatic rings. The van der Waals surface area contributed by atoms with Gasteiger partial charge < -0.3 is 14.2 Å². The molecule has 0 radical (unpaired) electrons. The number of aryl methyl sites for hydroxylation is 1. The van der Waals surface area contributed by atoms with Crippen LogP contribution in [0.1, 0.15) is 19.8 Å². The molecule has 2 aliphatic heterocycles. The van der Waals surface area contributed by atoms with E-state index in [2.05, 4.69) is 21.7 Å². The van der Waals surface area contributed by atoms with Gasteiger partial charge in [0, 0.05) is 57.6 Å². The van der Waals surface area contributed by atoms with Gasteiger partial charge in [0.05, 0.1) is 19.5 Å². The topological polar surface area (TPSA) is 50.6 Å². The second-order valence-corrected chi connectivity index (χ2v) is 6.23. The maximum Gasteiger partial charge on any atom is 0.224 e. The summed E-state index contributed by atoms with van der Waals surface area (Å²) in [5, 5.41) is 0. The van der Waals surface area contributed by atoms with Gasteiger partial charge in [-0.15, -0.1) is 0 Å². The molecule has 0 bridgehead atoms. The van der Waals surface area contributed by atoms with Crippen molar-refractivity contribution in [3.63, 3.8) is 0 Å². The van der Waals surface area contributed by atoms with Crippen molar-refractivity contribution >= 4 is 5.91 Å². The molecule has 0 unspecified atom stereocenters. The van der Waals surface area contributed by atoms with E-state index in [9.17, 15) is 4.79 Å². The van der Waals surface area contributed by atoms with Crippen LogP contribution < -0.4 is 0 Å². The third-order valence-corrected chi connectivity index (χ3v) is 4.94. The summed E-state index contributed by atoms with van der Waals surface area (Å²) in [5.74, 6) is 0.859. The van der Waals surface area contributed by atoms with Crippen LogP contribution in [0, 0.1) is 5.92 Å². The average molecular weight is 306 g/mol. The number of hydrogen-bond acceptors (Lipinski definition) is 4. The predicted molar refractivity (Wildman–Crippen MR) is 83.4 cm³/mol. The molecule has 6 nitrogen and oxygen atoms in total. The first kappa shape index (κ1) is 15.5. The van der Waals surface area contributed by atoms with E-state index in [0.717, 1.165) is 45.8 Å². The lowest BCUT2D eigenvalue weighted by Crippen LogP contribution is -2.47. The van der Waals surface area contributed by atoms with E-state index in [1.165, 1.54) is 0 Å². The average Bonchev–Trinajstić information content (AvgIpc) is 3.22.